The van der Waals surface area contributed by atoms with Gasteiger partial charge in [0.05, 0.1) is 0 Å². The zero-order valence-electron chi connectivity index (χ0n) is 11.5. The summed E-state index contributed by atoms with van der Waals surface area (Å²) in [6, 6.07) is 10.8. The molecule has 0 saturated heterocycles. The van der Waals surface area contributed by atoms with E-state index in [1.807, 2.05) is 18.2 Å². The maximum absolute atomic E-state index is 12.3. The third-order valence-corrected chi connectivity index (χ3v) is 5.89. The lowest BCUT2D eigenvalue weighted by Crippen LogP contribution is -2.11. The van der Waals surface area contributed by atoms with Crippen LogP contribution in [0.1, 0.15) is 30.2 Å². The summed E-state index contributed by atoms with van der Waals surface area (Å²) in [6.45, 7) is 4.49. The van der Waals surface area contributed by atoms with Crippen molar-refractivity contribution in [1.82, 2.24) is 0 Å². The summed E-state index contributed by atoms with van der Waals surface area (Å²) < 4.78 is 27.4. The molecule has 1 heterocycles. The number of hydrogen-bond acceptors (Lipinski definition) is 4. The molecule has 0 spiro atoms. The molecule has 0 amide bonds. The predicted molar refractivity (Wildman–Crippen MR) is 83.5 cm³/mol. The van der Waals surface area contributed by atoms with Gasteiger partial charge in [0.2, 0.25) is 0 Å². The molecule has 0 aliphatic heterocycles. The van der Waals surface area contributed by atoms with Crippen molar-refractivity contribution in [1.29, 1.82) is 0 Å². The zero-order chi connectivity index (χ0) is 14.8. The highest BCUT2D eigenvalue weighted by atomic mass is 32.2. The summed E-state index contributed by atoms with van der Waals surface area (Å²) in [6.07, 6.45) is 0. The SMILES string of the molecule is CC(C)c1cccc(NS(=O)(=O)c2ccc(CN)s2)c1. The van der Waals surface area contributed by atoms with Crippen molar-refractivity contribution in [3.63, 3.8) is 0 Å². The molecule has 0 unspecified atom stereocenters. The first-order valence-corrected chi connectivity index (χ1v) is 8.64. The Hall–Kier alpha value is -1.37. The Bertz CT molecular complexity index is 691. The van der Waals surface area contributed by atoms with Gasteiger partial charge in [0.1, 0.15) is 4.21 Å². The first kappa shape index (κ1) is 15.0. The topological polar surface area (TPSA) is 72.2 Å². The van der Waals surface area contributed by atoms with Crippen molar-refractivity contribution >= 4 is 27.0 Å². The molecule has 1 aromatic heterocycles. The number of benzene rings is 1. The van der Waals surface area contributed by atoms with Gasteiger partial charge in [-0.3, -0.25) is 4.72 Å². The van der Waals surface area contributed by atoms with Crippen molar-refractivity contribution in [2.24, 2.45) is 5.73 Å². The van der Waals surface area contributed by atoms with Crippen LogP contribution in [0.5, 0.6) is 0 Å². The molecule has 4 nitrogen and oxygen atoms in total. The normalized spacial score (nSPS) is 11.8. The molecule has 6 heteroatoms. The Balaban J connectivity index is 2.26. The fourth-order valence-corrected chi connectivity index (χ4v) is 4.06. The van der Waals surface area contributed by atoms with Gasteiger partial charge in [0.25, 0.3) is 10.0 Å². The first-order valence-electron chi connectivity index (χ1n) is 6.34. The Labute approximate surface area is 123 Å². The molecule has 2 aromatic rings. The van der Waals surface area contributed by atoms with E-state index in [2.05, 4.69) is 18.6 Å². The standard InChI is InChI=1S/C14H18N2O2S2/c1-10(2)11-4-3-5-12(8-11)16-20(17,18)14-7-6-13(9-15)19-14/h3-8,10,16H,9,15H2,1-2H3. The van der Waals surface area contributed by atoms with Gasteiger partial charge < -0.3 is 5.73 Å². The smallest absolute Gasteiger partial charge is 0.271 e. The number of nitrogens with two attached hydrogens (primary N) is 1. The quantitative estimate of drug-likeness (QED) is 0.891. The second-order valence-electron chi connectivity index (χ2n) is 4.81. The minimum Gasteiger partial charge on any atom is -0.326 e. The van der Waals surface area contributed by atoms with Gasteiger partial charge >= 0.3 is 0 Å². The number of nitrogens with one attached hydrogen (secondary N) is 1. The van der Waals surface area contributed by atoms with Gasteiger partial charge in [-0.1, -0.05) is 26.0 Å². The van der Waals surface area contributed by atoms with E-state index >= 15 is 0 Å². The third kappa shape index (κ3) is 3.39. The Kier molecular flexibility index (Phi) is 4.47. The summed E-state index contributed by atoms with van der Waals surface area (Å²) in [4.78, 5) is 0.848. The highest BCUT2D eigenvalue weighted by molar-refractivity contribution is 7.94. The summed E-state index contributed by atoms with van der Waals surface area (Å²) in [5.41, 5.74) is 7.19. The van der Waals surface area contributed by atoms with Crippen LogP contribution >= 0.6 is 11.3 Å². The number of sulfonamides is 1. The van der Waals surface area contributed by atoms with Crippen molar-refractivity contribution < 1.29 is 8.42 Å². The molecule has 2 rings (SSSR count). The van der Waals surface area contributed by atoms with Crippen LogP contribution < -0.4 is 10.5 Å². The summed E-state index contributed by atoms with van der Waals surface area (Å²) >= 11 is 1.19. The van der Waals surface area contributed by atoms with E-state index in [9.17, 15) is 8.42 Å². The van der Waals surface area contributed by atoms with Crippen molar-refractivity contribution in [3.8, 4) is 0 Å². The molecule has 0 fully saturated rings. The van der Waals surface area contributed by atoms with E-state index in [-0.39, 0.29) is 4.21 Å². The van der Waals surface area contributed by atoms with E-state index in [4.69, 9.17) is 5.73 Å². The van der Waals surface area contributed by atoms with E-state index in [1.165, 1.54) is 11.3 Å². The van der Waals surface area contributed by atoms with Crippen LogP contribution in [0.2, 0.25) is 0 Å². The molecular weight excluding hydrogens is 292 g/mol. The molecule has 108 valence electrons. The third-order valence-electron chi connectivity index (χ3n) is 2.91. The van der Waals surface area contributed by atoms with Crippen LogP contribution in [0.15, 0.2) is 40.6 Å². The number of thiophene rings is 1. The van der Waals surface area contributed by atoms with Crippen LogP contribution in [0.3, 0.4) is 0 Å². The van der Waals surface area contributed by atoms with Crippen LogP contribution in [0.4, 0.5) is 5.69 Å². The molecular formula is C14H18N2O2S2. The van der Waals surface area contributed by atoms with E-state index < -0.39 is 10.0 Å². The minimum absolute atomic E-state index is 0.285. The maximum Gasteiger partial charge on any atom is 0.271 e. The number of hydrogen-bond donors (Lipinski definition) is 2. The molecule has 1 aromatic carbocycles. The fraction of sp³-hybridized carbons (Fsp3) is 0.286. The summed E-state index contributed by atoms with van der Waals surface area (Å²) in [7, 11) is -3.53. The molecule has 3 N–H and O–H groups in total. The summed E-state index contributed by atoms with van der Waals surface area (Å²) in [5.74, 6) is 0.352. The highest BCUT2D eigenvalue weighted by Gasteiger charge is 2.17. The molecule has 20 heavy (non-hydrogen) atoms. The van der Waals surface area contributed by atoms with Crippen LogP contribution in [0, 0.1) is 0 Å². The Morgan fingerprint density at radius 2 is 2.00 bits per heavy atom. The average molecular weight is 310 g/mol. The van der Waals surface area contributed by atoms with Crippen LogP contribution in [0.25, 0.3) is 0 Å². The van der Waals surface area contributed by atoms with E-state index in [0.717, 1.165) is 10.4 Å². The molecule has 0 atom stereocenters. The van der Waals surface area contributed by atoms with Gasteiger partial charge in [-0.25, -0.2) is 8.42 Å². The second kappa shape index (κ2) is 5.95. The largest absolute Gasteiger partial charge is 0.326 e. The summed E-state index contributed by atoms with van der Waals surface area (Å²) in [5, 5.41) is 0. The Morgan fingerprint density at radius 3 is 2.60 bits per heavy atom. The van der Waals surface area contributed by atoms with Gasteiger partial charge in [-0.05, 0) is 35.7 Å². The molecule has 0 radical (unpaired) electrons. The van der Waals surface area contributed by atoms with Gasteiger partial charge in [-0.2, -0.15) is 0 Å². The minimum atomic E-state index is -3.53. The van der Waals surface area contributed by atoms with Crippen LogP contribution in [-0.2, 0) is 16.6 Å². The van der Waals surface area contributed by atoms with Crippen molar-refractivity contribution in [2.75, 3.05) is 4.72 Å². The van der Waals surface area contributed by atoms with Gasteiger partial charge in [0.15, 0.2) is 0 Å². The molecule has 0 bridgehead atoms. The predicted octanol–water partition coefficient (Wildman–Crippen LogP) is 3.13. The second-order valence-corrected chi connectivity index (χ2v) is 7.89. The van der Waals surface area contributed by atoms with E-state index in [1.54, 1.807) is 18.2 Å². The lowest BCUT2D eigenvalue weighted by atomic mass is 10.0. The molecule has 0 saturated carbocycles. The van der Waals surface area contributed by atoms with Crippen molar-refractivity contribution in [2.45, 2.75) is 30.5 Å². The van der Waals surface area contributed by atoms with Crippen LogP contribution in [-0.4, -0.2) is 8.42 Å². The Morgan fingerprint density at radius 1 is 1.25 bits per heavy atom. The highest BCUT2D eigenvalue weighted by Crippen LogP contribution is 2.25. The lowest BCUT2D eigenvalue weighted by Gasteiger charge is -2.10. The molecule has 0 aliphatic rings. The zero-order valence-corrected chi connectivity index (χ0v) is 13.1. The number of anilines is 1. The van der Waals surface area contributed by atoms with Gasteiger partial charge in [-0.15, -0.1) is 11.3 Å². The van der Waals surface area contributed by atoms with E-state index in [0.29, 0.717) is 18.2 Å². The first-order chi connectivity index (χ1) is 9.42. The van der Waals surface area contributed by atoms with Crippen molar-refractivity contribution in [3.05, 3.63) is 46.8 Å². The molecule has 0 aliphatic carbocycles. The number of rotatable bonds is 5. The monoisotopic (exact) mass is 310 g/mol. The van der Waals surface area contributed by atoms with Gasteiger partial charge in [0, 0.05) is 17.1 Å². The fourth-order valence-electron chi connectivity index (χ4n) is 1.78. The average Bonchev–Trinajstić information content (AvgIpc) is 2.88. The lowest BCUT2D eigenvalue weighted by molar-refractivity contribution is 0.603. The maximum atomic E-state index is 12.3.